The Morgan fingerprint density at radius 2 is 1.14 bits per heavy atom. The van der Waals surface area contributed by atoms with Crippen molar-refractivity contribution in [1.82, 2.24) is 0 Å². The summed E-state index contributed by atoms with van der Waals surface area (Å²) in [7, 11) is 0. The molecule has 0 aliphatic carbocycles. The molecule has 0 aliphatic rings. The lowest BCUT2D eigenvalue weighted by Gasteiger charge is -2.07. The van der Waals surface area contributed by atoms with Crippen molar-refractivity contribution in [3.05, 3.63) is 118 Å². The van der Waals surface area contributed by atoms with Gasteiger partial charge in [-0.1, -0.05) is 87.1 Å². The van der Waals surface area contributed by atoms with Crippen LogP contribution in [0.1, 0.15) is 72.9 Å². The first-order valence-corrected chi connectivity index (χ1v) is 12.6. The molecule has 0 radical (unpaired) electrons. The predicted octanol–water partition coefficient (Wildman–Crippen LogP) is 8.46. The molecule has 0 atom stereocenters. The third kappa shape index (κ3) is 6.62. The maximum atomic E-state index is 14.9. The summed E-state index contributed by atoms with van der Waals surface area (Å²) in [6, 6.07) is 26.1. The number of benzene rings is 4. The molecule has 0 nitrogen and oxygen atoms in total. The highest BCUT2D eigenvalue weighted by atomic mass is 19.1. The fourth-order valence-corrected chi connectivity index (χ4v) is 4.14. The van der Waals surface area contributed by atoms with Crippen LogP contribution >= 0.6 is 0 Å². The Bertz CT molecular complexity index is 1400. The molecule has 0 fully saturated rings. The van der Waals surface area contributed by atoms with E-state index in [1.807, 2.05) is 54.6 Å². The van der Waals surface area contributed by atoms with Crippen LogP contribution in [0.4, 0.5) is 4.39 Å². The minimum absolute atomic E-state index is 0.0910. The SMILES string of the molecule is CCCCCc1ccc2cc(C#Cc3ccc(C#Cc4ccc(CCC)cc4)cc3)ccc2c1F. The molecule has 0 saturated heterocycles. The summed E-state index contributed by atoms with van der Waals surface area (Å²) >= 11 is 0. The van der Waals surface area contributed by atoms with Crippen LogP contribution in [-0.4, -0.2) is 0 Å². The highest BCUT2D eigenvalue weighted by molar-refractivity contribution is 5.85. The third-order valence-corrected chi connectivity index (χ3v) is 6.16. The van der Waals surface area contributed by atoms with E-state index in [1.54, 1.807) is 0 Å². The average molecular weight is 459 g/mol. The van der Waals surface area contributed by atoms with Crippen molar-refractivity contribution in [3.8, 4) is 23.7 Å². The number of rotatable bonds is 6. The van der Waals surface area contributed by atoms with E-state index in [-0.39, 0.29) is 5.82 Å². The van der Waals surface area contributed by atoms with Crippen LogP contribution in [0.25, 0.3) is 10.8 Å². The summed E-state index contributed by atoms with van der Waals surface area (Å²) < 4.78 is 14.9. The van der Waals surface area contributed by atoms with E-state index in [1.165, 1.54) is 5.56 Å². The lowest BCUT2D eigenvalue weighted by Crippen LogP contribution is -1.93. The monoisotopic (exact) mass is 458 g/mol. The minimum atomic E-state index is -0.0910. The van der Waals surface area contributed by atoms with Gasteiger partial charge in [-0.05, 0) is 84.3 Å². The molecule has 0 unspecified atom stereocenters. The first-order chi connectivity index (χ1) is 17.2. The van der Waals surface area contributed by atoms with E-state index in [0.717, 1.165) is 71.7 Å². The Hall–Kier alpha value is -3.81. The first kappa shape index (κ1) is 24.3. The van der Waals surface area contributed by atoms with Gasteiger partial charge in [-0.3, -0.25) is 0 Å². The molecule has 4 rings (SSSR count). The molecule has 0 aromatic heterocycles. The van der Waals surface area contributed by atoms with Gasteiger partial charge in [-0.2, -0.15) is 0 Å². The van der Waals surface area contributed by atoms with Crippen LogP contribution in [0.2, 0.25) is 0 Å². The molecule has 0 spiro atoms. The Morgan fingerprint density at radius 1 is 0.571 bits per heavy atom. The summed E-state index contributed by atoms with van der Waals surface area (Å²) in [5.41, 5.74) is 5.95. The van der Waals surface area contributed by atoms with Crippen molar-refractivity contribution in [2.75, 3.05) is 0 Å². The van der Waals surface area contributed by atoms with Gasteiger partial charge in [0.1, 0.15) is 5.82 Å². The number of unbranched alkanes of at least 4 members (excludes halogenated alkanes) is 2. The van der Waals surface area contributed by atoms with Gasteiger partial charge < -0.3 is 0 Å². The van der Waals surface area contributed by atoms with Gasteiger partial charge in [0.15, 0.2) is 0 Å². The highest BCUT2D eigenvalue weighted by Gasteiger charge is 2.07. The summed E-state index contributed by atoms with van der Waals surface area (Å²) in [4.78, 5) is 0. The molecular weight excluding hydrogens is 427 g/mol. The molecule has 4 aromatic carbocycles. The second-order valence-electron chi connectivity index (χ2n) is 8.96. The highest BCUT2D eigenvalue weighted by Crippen LogP contribution is 2.23. The van der Waals surface area contributed by atoms with Crippen molar-refractivity contribution in [3.63, 3.8) is 0 Å². The Morgan fingerprint density at radius 3 is 1.74 bits per heavy atom. The maximum absolute atomic E-state index is 14.9. The van der Waals surface area contributed by atoms with Gasteiger partial charge in [0.05, 0.1) is 0 Å². The van der Waals surface area contributed by atoms with E-state index in [9.17, 15) is 4.39 Å². The minimum Gasteiger partial charge on any atom is -0.206 e. The van der Waals surface area contributed by atoms with Gasteiger partial charge in [-0.15, -0.1) is 0 Å². The van der Waals surface area contributed by atoms with E-state index in [4.69, 9.17) is 0 Å². The summed E-state index contributed by atoms with van der Waals surface area (Å²) in [5, 5.41) is 1.56. The van der Waals surface area contributed by atoms with Gasteiger partial charge in [0.2, 0.25) is 0 Å². The molecule has 1 heteroatoms. The number of aryl methyl sites for hydroxylation is 2. The smallest absolute Gasteiger partial charge is 0.134 e. The van der Waals surface area contributed by atoms with Crippen molar-refractivity contribution >= 4 is 10.8 Å². The molecule has 174 valence electrons. The summed E-state index contributed by atoms with van der Waals surface area (Å²) in [5.74, 6) is 12.8. The van der Waals surface area contributed by atoms with Crippen molar-refractivity contribution in [2.24, 2.45) is 0 Å². The number of halogens is 1. The van der Waals surface area contributed by atoms with Gasteiger partial charge in [0, 0.05) is 27.6 Å². The molecule has 0 heterocycles. The predicted molar refractivity (Wildman–Crippen MR) is 146 cm³/mol. The van der Waals surface area contributed by atoms with Crippen LogP contribution in [-0.2, 0) is 12.8 Å². The fourth-order valence-electron chi connectivity index (χ4n) is 4.14. The third-order valence-electron chi connectivity index (χ3n) is 6.16. The molecule has 0 saturated carbocycles. The average Bonchev–Trinajstić information content (AvgIpc) is 2.89. The molecule has 0 aliphatic heterocycles. The molecular formula is C34H31F. The number of hydrogen-bond donors (Lipinski definition) is 0. The van der Waals surface area contributed by atoms with Gasteiger partial charge in [0.25, 0.3) is 0 Å². The Balaban J connectivity index is 1.44. The lowest BCUT2D eigenvalue weighted by atomic mass is 10.00. The van der Waals surface area contributed by atoms with E-state index >= 15 is 0 Å². The normalized spacial score (nSPS) is 10.4. The quantitative estimate of drug-likeness (QED) is 0.201. The van der Waals surface area contributed by atoms with Crippen LogP contribution in [0.3, 0.4) is 0 Å². The fraction of sp³-hybridized carbons (Fsp3) is 0.235. The largest absolute Gasteiger partial charge is 0.206 e. The van der Waals surface area contributed by atoms with Crippen molar-refractivity contribution < 1.29 is 4.39 Å². The second-order valence-corrected chi connectivity index (χ2v) is 8.96. The van der Waals surface area contributed by atoms with Gasteiger partial charge in [-0.25, -0.2) is 4.39 Å². The van der Waals surface area contributed by atoms with Gasteiger partial charge >= 0.3 is 0 Å². The van der Waals surface area contributed by atoms with Crippen molar-refractivity contribution in [2.45, 2.75) is 52.4 Å². The zero-order valence-corrected chi connectivity index (χ0v) is 20.6. The molecule has 4 aromatic rings. The van der Waals surface area contributed by atoms with Crippen molar-refractivity contribution in [1.29, 1.82) is 0 Å². The van der Waals surface area contributed by atoms with Crippen LogP contribution in [0, 0.1) is 29.5 Å². The standard InChI is InChI=1S/C34H31F/c1-3-5-6-8-31-22-23-32-25-30(21-24-33(32)34(31)35)20-19-29-17-15-28(16-18-29)14-13-27-11-9-26(7-4-2)10-12-27/h9-12,15-18,21-25H,3-8H2,1-2H3. The van der Waals surface area contributed by atoms with Crippen LogP contribution < -0.4 is 0 Å². The van der Waals surface area contributed by atoms with Crippen LogP contribution in [0.5, 0.6) is 0 Å². The molecule has 35 heavy (non-hydrogen) atoms. The van der Waals surface area contributed by atoms with E-state index < -0.39 is 0 Å². The number of fused-ring (bicyclic) bond motifs is 1. The molecule has 0 bridgehead atoms. The summed E-state index contributed by atoms with van der Waals surface area (Å²) in [6.45, 7) is 4.35. The van der Waals surface area contributed by atoms with Crippen LogP contribution in [0.15, 0.2) is 78.9 Å². The maximum Gasteiger partial charge on any atom is 0.134 e. The number of hydrogen-bond acceptors (Lipinski definition) is 0. The Labute approximate surface area is 209 Å². The van der Waals surface area contributed by atoms with E-state index in [0.29, 0.717) is 5.39 Å². The zero-order chi connectivity index (χ0) is 24.5. The lowest BCUT2D eigenvalue weighted by molar-refractivity contribution is 0.609. The topological polar surface area (TPSA) is 0 Å². The van der Waals surface area contributed by atoms with E-state index in [2.05, 4.69) is 61.8 Å². The molecule has 0 amide bonds. The summed E-state index contributed by atoms with van der Waals surface area (Å²) in [6.07, 6.45) is 6.35. The molecule has 0 N–H and O–H groups in total. The zero-order valence-electron chi connectivity index (χ0n) is 20.6. The first-order valence-electron chi connectivity index (χ1n) is 12.6. The Kier molecular flexibility index (Phi) is 8.38. The second kappa shape index (κ2) is 12.1.